The maximum atomic E-state index is 12.0. The molecule has 84 valence electrons. The fourth-order valence-corrected chi connectivity index (χ4v) is 3.50. The number of hydrazine groups is 1. The molecule has 0 aliphatic heterocycles. The van der Waals surface area contributed by atoms with Crippen LogP contribution in [0.1, 0.15) is 40.0 Å². The highest BCUT2D eigenvalue weighted by atomic mass is 16.2. The van der Waals surface area contributed by atoms with Gasteiger partial charge in [-0.3, -0.25) is 15.0 Å². The fraction of sp³-hybridized carbons (Fsp3) is 0.818. The van der Waals surface area contributed by atoms with Crippen LogP contribution in [0.2, 0.25) is 0 Å². The molecule has 2 rings (SSSR count). The molecule has 0 aromatic carbocycles. The fourth-order valence-electron chi connectivity index (χ4n) is 3.50. The van der Waals surface area contributed by atoms with Gasteiger partial charge in [-0.15, -0.1) is 0 Å². The van der Waals surface area contributed by atoms with Crippen molar-refractivity contribution in [2.75, 3.05) is 0 Å². The molecule has 0 radical (unpaired) electrons. The quantitative estimate of drug-likeness (QED) is 0.381. The largest absolute Gasteiger partial charge is 0.299 e. The van der Waals surface area contributed by atoms with Crippen molar-refractivity contribution in [2.24, 2.45) is 22.1 Å². The van der Waals surface area contributed by atoms with E-state index in [4.69, 9.17) is 5.84 Å². The maximum absolute atomic E-state index is 12.0. The van der Waals surface area contributed by atoms with E-state index in [9.17, 15) is 9.59 Å². The van der Waals surface area contributed by atoms with E-state index in [0.29, 0.717) is 6.42 Å². The number of nitrogens with one attached hydrogen (secondary N) is 1. The summed E-state index contributed by atoms with van der Waals surface area (Å²) in [4.78, 5) is 23.9. The summed E-state index contributed by atoms with van der Waals surface area (Å²) in [6.45, 7) is 6.01. The third kappa shape index (κ3) is 0.869. The summed E-state index contributed by atoms with van der Waals surface area (Å²) in [5.41, 5.74) is 1.01. The van der Waals surface area contributed by atoms with E-state index >= 15 is 0 Å². The summed E-state index contributed by atoms with van der Waals surface area (Å²) in [5.74, 6) is 5.26. The molecule has 2 aliphatic carbocycles. The molecule has 0 saturated heterocycles. The Kier molecular flexibility index (Phi) is 1.85. The number of amides is 1. The number of Topliss-reactive ketones (excluding diaryl/α,β-unsaturated/α-hetero) is 1. The van der Waals surface area contributed by atoms with Gasteiger partial charge in [0.1, 0.15) is 5.78 Å². The van der Waals surface area contributed by atoms with Crippen LogP contribution in [0.5, 0.6) is 0 Å². The molecular formula is C11H18N2O2. The van der Waals surface area contributed by atoms with Crippen molar-refractivity contribution < 1.29 is 9.59 Å². The van der Waals surface area contributed by atoms with Crippen LogP contribution < -0.4 is 11.3 Å². The molecule has 2 aliphatic rings. The van der Waals surface area contributed by atoms with Crippen LogP contribution in [0.25, 0.3) is 0 Å². The van der Waals surface area contributed by atoms with Crippen molar-refractivity contribution in [1.29, 1.82) is 0 Å². The van der Waals surface area contributed by atoms with E-state index in [1.165, 1.54) is 0 Å². The van der Waals surface area contributed by atoms with Gasteiger partial charge in [0.25, 0.3) is 0 Å². The van der Waals surface area contributed by atoms with E-state index in [1.54, 1.807) is 0 Å². The Hall–Kier alpha value is -0.900. The van der Waals surface area contributed by atoms with E-state index < -0.39 is 5.41 Å². The first-order valence-corrected chi connectivity index (χ1v) is 5.36. The van der Waals surface area contributed by atoms with Gasteiger partial charge in [0.2, 0.25) is 5.91 Å². The summed E-state index contributed by atoms with van der Waals surface area (Å²) >= 11 is 0. The molecule has 2 atom stereocenters. The van der Waals surface area contributed by atoms with Gasteiger partial charge in [0, 0.05) is 11.8 Å². The van der Waals surface area contributed by atoms with E-state index in [-0.39, 0.29) is 22.5 Å². The van der Waals surface area contributed by atoms with Gasteiger partial charge < -0.3 is 0 Å². The molecule has 15 heavy (non-hydrogen) atoms. The Bertz CT molecular complexity index is 350. The third-order valence-corrected chi connectivity index (χ3v) is 5.27. The lowest BCUT2D eigenvalue weighted by Crippen LogP contribution is -2.48. The molecule has 0 heterocycles. The lowest BCUT2D eigenvalue weighted by atomic mass is 9.64. The molecule has 1 amide bonds. The molecule has 2 fully saturated rings. The van der Waals surface area contributed by atoms with Crippen molar-refractivity contribution in [2.45, 2.75) is 40.0 Å². The van der Waals surface area contributed by atoms with Crippen LogP contribution in [-0.4, -0.2) is 11.7 Å². The zero-order chi connectivity index (χ0) is 11.5. The first-order chi connectivity index (χ1) is 6.82. The molecule has 2 bridgehead atoms. The van der Waals surface area contributed by atoms with Gasteiger partial charge >= 0.3 is 0 Å². The topological polar surface area (TPSA) is 72.2 Å². The number of rotatable bonds is 1. The summed E-state index contributed by atoms with van der Waals surface area (Å²) in [6, 6.07) is 0. The molecule has 4 heteroatoms. The van der Waals surface area contributed by atoms with Gasteiger partial charge in [0.05, 0.1) is 5.41 Å². The van der Waals surface area contributed by atoms with Crippen LogP contribution in [0, 0.1) is 16.2 Å². The van der Waals surface area contributed by atoms with Crippen molar-refractivity contribution in [3.05, 3.63) is 0 Å². The van der Waals surface area contributed by atoms with Crippen LogP contribution in [0.15, 0.2) is 0 Å². The number of hydrogen-bond acceptors (Lipinski definition) is 3. The molecule has 0 spiro atoms. The second-order valence-electron chi connectivity index (χ2n) is 5.61. The monoisotopic (exact) mass is 210 g/mol. The van der Waals surface area contributed by atoms with Crippen molar-refractivity contribution in [3.8, 4) is 0 Å². The molecule has 0 aromatic rings. The van der Waals surface area contributed by atoms with Gasteiger partial charge in [-0.2, -0.15) is 0 Å². The molecule has 2 unspecified atom stereocenters. The van der Waals surface area contributed by atoms with E-state index in [1.807, 2.05) is 20.8 Å². The van der Waals surface area contributed by atoms with Gasteiger partial charge in [-0.05, 0) is 18.3 Å². The molecule has 2 saturated carbocycles. The Balaban J connectivity index is 2.54. The number of hydrogen-bond donors (Lipinski definition) is 2. The highest BCUT2D eigenvalue weighted by Gasteiger charge is 2.72. The number of fused-ring (bicyclic) bond motifs is 2. The van der Waals surface area contributed by atoms with E-state index in [0.717, 1.165) is 12.8 Å². The molecule has 0 aromatic heterocycles. The highest BCUT2D eigenvalue weighted by molar-refractivity contribution is 5.99. The minimum absolute atomic E-state index is 0.179. The summed E-state index contributed by atoms with van der Waals surface area (Å²) < 4.78 is 0. The van der Waals surface area contributed by atoms with Crippen molar-refractivity contribution in [1.82, 2.24) is 5.43 Å². The number of carbonyl (C=O) groups excluding carboxylic acids is 2. The molecule has 4 nitrogen and oxygen atoms in total. The Labute approximate surface area is 89.6 Å². The van der Waals surface area contributed by atoms with E-state index in [2.05, 4.69) is 5.43 Å². The Morgan fingerprint density at radius 2 is 1.93 bits per heavy atom. The van der Waals surface area contributed by atoms with Crippen molar-refractivity contribution in [3.63, 3.8) is 0 Å². The zero-order valence-corrected chi connectivity index (χ0v) is 9.52. The minimum atomic E-state index is -0.576. The smallest absolute Gasteiger partial charge is 0.241 e. The van der Waals surface area contributed by atoms with Crippen LogP contribution in [-0.2, 0) is 9.59 Å². The molecule has 3 N–H and O–H groups in total. The first-order valence-electron chi connectivity index (χ1n) is 5.36. The summed E-state index contributed by atoms with van der Waals surface area (Å²) in [7, 11) is 0. The zero-order valence-electron chi connectivity index (χ0n) is 9.52. The SMILES string of the molecule is CC12CCC(C(=O)NN)(CC1=O)C2(C)C. The van der Waals surface area contributed by atoms with Crippen molar-refractivity contribution >= 4 is 11.7 Å². The summed E-state index contributed by atoms with van der Waals surface area (Å²) in [6.07, 6.45) is 1.91. The van der Waals surface area contributed by atoms with Gasteiger partial charge in [0.15, 0.2) is 0 Å². The normalized spacial score (nSPS) is 42.0. The average Bonchev–Trinajstić information content (AvgIpc) is 2.47. The van der Waals surface area contributed by atoms with Gasteiger partial charge in [-0.1, -0.05) is 20.8 Å². The van der Waals surface area contributed by atoms with Gasteiger partial charge in [-0.25, -0.2) is 5.84 Å². The second kappa shape index (κ2) is 2.61. The number of ketones is 1. The van der Waals surface area contributed by atoms with Crippen LogP contribution >= 0.6 is 0 Å². The Morgan fingerprint density at radius 3 is 2.27 bits per heavy atom. The van der Waals surface area contributed by atoms with Crippen LogP contribution in [0.4, 0.5) is 0 Å². The number of nitrogens with two attached hydrogens (primary N) is 1. The lowest BCUT2D eigenvalue weighted by molar-refractivity contribution is -0.136. The highest BCUT2D eigenvalue weighted by Crippen LogP contribution is 2.70. The van der Waals surface area contributed by atoms with Crippen LogP contribution in [0.3, 0.4) is 0 Å². The maximum Gasteiger partial charge on any atom is 0.241 e. The lowest BCUT2D eigenvalue weighted by Gasteiger charge is -2.38. The standard InChI is InChI=1S/C11H18N2O2/c1-9(2)10(3)4-5-11(9,6-7(10)14)8(15)13-12/h4-6,12H2,1-3H3,(H,13,15). The summed E-state index contributed by atoms with van der Waals surface area (Å²) in [5, 5.41) is 0. The Morgan fingerprint density at radius 1 is 1.33 bits per heavy atom. The average molecular weight is 210 g/mol. The second-order valence-corrected chi connectivity index (χ2v) is 5.61. The first kappa shape index (κ1) is 10.6. The predicted molar refractivity (Wildman–Crippen MR) is 55.5 cm³/mol. The predicted octanol–water partition coefficient (Wildman–Crippen LogP) is 0.762. The number of carbonyl (C=O) groups is 2. The molecular weight excluding hydrogens is 192 g/mol. The third-order valence-electron chi connectivity index (χ3n) is 5.27. The minimum Gasteiger partial charge on any atom is -0.299 e.